The topological polar surface area (TPSA) is 38.6 Å². The Morgan fingerprint density at radius 2 is 2.44 bits per heavy atom. The number of aromatic nitrogens is 2. The molecule has 6 heteroatoms. The van der Waals surface area contributed by atoms with Crippen LogP contribution < -0.4 is 10.1 Å². The van der Waals surface area contributed by atoms with Gasteiger partial charge in [-0.2, -0.15) is 16.7 Å². The van der Waals surface area contributed by atoms with Crippen LogP contribution in [-0.4, -0.2) is 34.0 Å². The highest BCUT2D eigenvalue weighted by Crippen LogP contribution is 2.46. The molecular weight excluding hydrogens is 266 g/mol. The number of ether oxygens (including phenoxy) is 1. The van der Waals surface area contributed by atoms with Crippen molar-refractivity contribution >= 4 is 28.1 Å². The Morgan fingerprint density at radius 3 is 3.11 bits per heavy atom. The van der Waals surface area contributed by atoms with Crippen LogP contribution in [0.2, 0.25) is 0 Å². The van der Waals surface area contributed by atoms with Gasteiger partial charge in [-0.05, 0) is 19.1 Å². The predicted molar refractivity (Wildman–Crippen MR) is 76.8 cm³/mol. The molecule has 2 aromatic rings. The molecule has 0 radical (unpaired) electrons. The molecule has 0 spiro atoms. The van der Waals surface area contributed by atoms with Crippen LogP contribution in [0, 0.1) is 0 Å². The van der Waals surface area contributed by atoms with Crippen molar-refractivity contribution in [3.8, 4) is 5.88 Å². The Balaban J connectivity index is 1.71. The van der Waals surface area contributed by atoms with Crippen molar-refractivity contribution in [2.45, 2.75) is 24.1 Å². The summed E-state index contributed by atoms with van der Waals surface area (Å²) in [6.45, 7) is 1.87. The summed E-state index contributed by atoms with van der Waals surface area (Å²) in [5, 5.41) is 5.59. The lowest BCUT2D eigenvalue weighted by atomic mass is 10.3. The molecule has 2 heterocycles. The Hall–Kier alpha value is -0.720. The molecule has 98 valence electrons. The monoisotopic (exact) mass is 283 g/mol. The first-order valence-corrected chi connectivity index (χ1v) is 8.13. The molecule has 0 aromatic carbocycles. The Bertz CT molecular complexity index is 545. The first-order chi connectivity index (χ1) is 8.78. The first-order valence-electron chi connectivity index (χ1n) is 6.02. The second-order valence-electron chi connectivity index (χ2n) is 4.61. The van der Waals surface area contributed by atoms with Gasteiger partial charge in [0.2, 0.25) is 5.88 Å². The van der Waals surface area contributed by atoms with E-state index in [1.54, 1.807) is 18.4 Å². The zero-order valence-electron chi connectivity index (χ0n) is 10.6. The van der Waals surface area contributed by atoms with Gasteiger partial charge in [-0.1, -0.05) is 0 Å². The zero-order chi connectivity index (χ0) is 12.6. The summed E-state index contributed by atoms with van der Waals surface area (Å²) in [5.41, 5.74) is 1.12. The largest absolute Gasteiger partial charge is 0.480 e. The highest BCUT2D eigenvalue weighted by Gasteiger charge is 2.41. The van der Waals surface area contributed by atoms with E-state index in [0.717, 1.165) is 29.6 Å². The molecule has 0 amide bonds. The lowest BCUT2D eigenvalue weighted by Crippen LogP contribution is -2.26. The number of imidazole rings is 1. The predicted octanol–water partition coefficient (Wildman–Crippen LogP) is 2.39. The van der Waals surface area contributed by atoms with E-state index in [4.69, 9.17) is 4.74 Å². The van der Waals surface area contributed by atoms with E-state index in [-0.39, 0.29) is 0 Å². The minimum Gasteiger partial charge on any atom is -0.480 e. The second-order valence-corrected chi connectivity index (χ2v) is 6.76. The third-order valence-corrected chi connectivity index (χ3v) is 5.67. The van der Waals surface area contributed by atoms with Crippen LogP contribution in [-0.2, 0) is 6.54 Å². The molecule has 1 saturated carbocycles. The molecule has 0 bridgehead atoms. The highest BCUT2D eigenvalue weighted by atomic mass is 32.2. The van der Waals surface area contributed by atoms with Crippen LogP contribution >= 0.6 is 23.1 Å². The number of thiazole rings is 1. The molecule has 0 aliphatic heterocycles. The van der Waals surface area contributed by atoms with Crippen LogP contribution in [0.4, 0.5) is 0 Å². The van der Waals surface area contributed by atoms with Crippen LogP contribution in [0.1, 0.15) is 18.5 Å². The number of nitrogens with zero attached hydrogens (tertiary/aromatic N) is 2. The van der Waals surface area contributed by atoms with E-state index in [1.807, 2.05) is 18.0 Å². The first kappa shape index (κ1) is 12.3. The number of hydrogen-bond acceptors (Lipinski definition) is 5. The quantitative estimate of drug-likeness (QED) is 0.883. The van der Waals surface area contributed by atoms with Crippen molar-refractivity contribution < 1.29 is 4.74 Å². The molecule has 0 saturated heterocycles. The molecule has 1 N–H and O–H groups in total. The number of nitrogens with one attached hydrogen (secondary N) is 1. The number of rotatable bonds is 6. The molecule has 4 nitrogen and oxygen atoms in total. The maximum absolute atomic E-state index is 5.34. The maximum Gasteiger partial charge on any atom is 0.237 e. The van der Waals surface area contributed by atoms with Crippen molar-refractivity contribution in [1.29, 1.82) is 0 Å². The number of hydrogen-bond donors (Lipinski definition) is 1. The molecule has 0 atom stereocenters. The fourth-order valence-electron chi connectivity index (χ4n) is 2.14. The van der Waals surface area contributed by atoms with Crippen LogP contribution in [0.5, 0.6) is 5.88 Å². The zero-order valence-corrected chi connectivity index (χ0v) is 12.2. The van der Waals surface area contributed by atoms with E-state index >= 15 is 0 Å². The van der Waals surface area contributed by atoms with Crippen molar-refractivity contribution in [1.82, 2.24) is 14.7 Å². The molecule has 0 unspecified atom stereocenters. The summed E-state index contributed by atoms with van der Waals surface area (Å²) in [4.78, 5) is 5.45. The van der Waals surface area contributed by atoms with Gasteiger partial charge in [0.15, 0.2) is 4.96 Å². The van der Waals surface area contributed by atoms with Gasteiger partial charge >= 0.3 is 0 Å². The van der Waals surface area contributed by atoms with Gasteiger partial charge in [0, 0.05) is 29.4 Å². The number of fused-ring (bicyclic) bond motifs is 1. The van der Waals surface area contributed by atoms with E-state index in [2.05, 4.69) is 26.3 Å². The lowest BCUT2D eigenvalue weighted by molar-refractivity contribution is 0.393. The average Bonchev–Trinajstić information content (AvgIpc) is 2.89. The van der Waals surface area contributed by atoms with Gasteiger partial charge in [0.25, 0.3) is 0 Å². The van der Waals surface area contributed by atoms with Gasteiger partial charge < -0.3 is 10.1 Å². The summed E-state index contributed by atoms with van der Waals surface area (Å²) >= 11 is 3.61. The standard InChI is InChI=1S/C12H17N3OS2/c1-16-10-9(15-5-6-18-11(15)14-10)7-13-8-12(17-2)3-4-12/h5-6,13H,3-4,7-8H2,1-2H3. The lowest BCUT2D eigenvalue weighted by Gasteiger charge is -2.13. The van der Waals surface area contributed by atoms with Gasteiger partial charge in [-0.3, -0.25) is 4.40 Å². The Morgan fingerprint density at radius 1 is 1.61 bits per heavy atom. The summed E-state index contributed by atoms with van der Waals surface area (Å²) < 4.78 is 7.94. The SMILES string of the molecule is COc1nc2sccn2c1CNCC1(SC)CC1. The fraction of sp³-hybridized carbons (Fsp3) is 0.583. The molecular formula is C12H17N3OS2. The van der Waals surface area contributed by atoms with Crippen molar-refractivity contribution in [2.75, 3.05) is 19.9 Å². The van der Waals surface area contributed by atoms with Crippen molar-refractivity contribution in [3.05, 3.63) is 17.3 Å². The third kappa shape index (κ3) is 2.13. The number of methoxy groups -OCH3 is 1. The second kappa shape index (κ2) is 4.75. The van der Waals surface area contributed by atoms with Crippen LogP contribution in [0.3, 0.4) is 0 Å². The fourth-order valence-corrected chi connectivity index (χ4v) is 3.62. The van der Waals surface area contributed by atoms with Gasteiger partial charge in [-0.15, -0.1) is 11.3 Å². The summed E-state index contributed by atoms with van der Waals surface area (Å²) in [5.74, 6) is 0.739. The van der Waals surface area contributed by atoms with Crippen LogP contribution in [0.25, 0.3) is 4.96 Å². The molecule has 18 heavy (non-hydrogen) atoms. The van der Waals surface area contributed by atoms with Gasteiger partial charge in [-0.25, -0.2) is 0 Å². The molecule has 1 aliphatic carbocycles. The summed E-state index contributed by atoms with van der Waals surface area (Å²) in [6, 6.07) is 0. The highest BCUT2D eigenvalue weighted by molar-refractivity contribution is 8.00. The normalized spacial score (nSPS) is 17.2. The maximum atomic E-state index is 5.34. The van der Waals surface area contributed by atoms with Crippen molar-refractivity contribution in [2.24, 2.45) is 0 Å². The van der Waals surface area contributed by atoms with E-state index in [1.165, 1.54) is 12.8 Å². The average molecular weight is 283 g/mol. The minimum absolute atomic E-state index is 0.492. The molecule has 3 rings (SSSR count). The van der Waals surface area contributed by atoms with Crippen molar-refractivity contribution in [3.63, 3.8) is 0 Å². The third-order valence-electron chi connectivity index (χ3n) is 3.50. The smallest absolute Gasteiger partial charge is 0.237 e. The van der Waals surface area contributed by atoms with E-state index < -0.39 is 0 Å². The summed E-state index contributed by atoms with van der Waals surface area (Å²) in [6.07, 6.45) is 6.91. The van der Waals surface area contributed by atoms with E-state index in [9.17, 15) is 0 Å². The summed E-state index contributed by atoms with van der Waals surface area (Å²) in [7, 11) is 1.68. The number of thioether (sulfide) groups is 1. The van der Waals surface area contributed by atoms with Gasteiger partial charge in [0.1, 0.15) is 5.69 Å². The Labute approximate surface area is 115 Å². The minimum atomic E-state index is 0.492. The van der Waals surface area contributed by atoms with Gasteiger partial charge in [0.05, 0.1) is 7.11 Å². The van der Waals surface area contributed by atoms with Crippen LogP contribution in [0.15, 0.2) is 11.6 Å². The molecule has 1 aliphatic rings. The molecule has 2 aromatic heterocycles. The Kier molecular flexibility index (Phi) is 3.25. The molecule has 1 fully saturated rings. The van der Waals surface area contributed by atoms with E-state index in [0.29, 0.717) is 4.75 Å².